The van der Waals surface area contributed by atoms with Crippen LogP contribution in [-0.2, 0) is 17.8 Å². The lowest BCUT2D eigenvalue weighted by Crippen LogP contribution is -2.41. The molecule has 2 aliphatic heterocycles. The summed E-state index contributed by atoms with van der Waals surface area (Å²) in [4.78, 5) is 53.2. The number of imide groups is 2. The second-order valence-corrected chi connectivity index (χ2v) is 7.27. The van der Waals surface area contributed by atoms with Gasteiger partial charge in [0.05, 0.1) is 29.8 Å². The zero-order chi connectivity index (χ0) is 20.8. The number of carbonyl (C=O) groups excluding carboxylic acids is 4. The van der Waals surface area contributed by atoms with E-state index in [0.29, 0.717) is 27.9 Å². The van der Waals surface area contributed by atoms with E-state index in [1.54, 1.807) is 66.7 Å². The molecule has 3 aromatic rings. The van der Waals surface area contributed by atoms with Crippen molar-refractivity contribution in [3.63, 3.8) is 0 Å². The lowest BCUT2D eigenvalue weighted by atomic mass is 9.97. The molecular weight excluding hydrogens is 380 g/mol. The normalized spacial score (nSPS) is 15.3. The first-order chi connectivity index (χ1) is 14.5. The predicted octanol–water partition coefficient (Wildman–Crippen LogP) is 3.21. The minimum Gasteiger partial charge on any atom is -0.274 e. The standard InChI is InChI=1S/C24H16N2O4/c27-21-13-17-12-18(26-23(29)19-8-4-5-9-20(19)24(26)30)11-10-16(17)14-25(21)22(28)15-6-2-1-3-7-15/h1-12H,13-14H2. The highest BCUT2D eigenvalue weighted by molar-refractivity contribution is 6.34. The Kier molecular flexibility index (Phi) is 4.06. The zero-order valence-corrected chi connectivity index (χ0v) is 15.9. The van der Waals surface area contributed by atoms with Crippen LogP contribution in [0.3, 0.4) is 0 Å². The van der Waals surface area contributed by atoms with Crippen molar-refractivity contribution in [2.24, 2.45) is 0 Å². The second kappa shape index (κ2) is 6.77. The number of fused-ring (bicyclic) bond motifs is 2. The van der Waals surface area contributed by atoms with Crippen LogP contribution in [0, 0.1) is 0 Å². The highest BCUT2D eigenvalue weighted by atomic mass is 16.2. The molecule has 0 aliphatic carbocycles. The Hall–Kier alpha value is -4.06. The van der Waals surface area contributed by atoms with Crippen LogP contribution >= 0.6 is 0 Å². The summed E-state index contributed by atoms with van der Waals surface area (Å²) >= 11 is 0. The fourth-order valence-electron chi connectivity index (χ4n) is 3.93. The Labute approximate surface area is 172 Å². The quantitative estimate of drug-likeness (QED) is 0.624. The molecule has 0 fully saturated rings. The van der Waals surface area contributed by atoms with Crippen molar-refractivity contribution in [3.05, 3.63) is 101 Å². The molecule has 0 radical (unpaired) electrons. The van der Waals surface area contributed by atoms with Crippen LogP contribution in [0.5, 0.6) is 0 Å². The summed E-state index contributed by atoms with van der Waals surface area (Å²) in [6.07, 6.45) is 0.0327. The molecule has 4 amide bonds. The molecule has 6 nitrogen and oxygen atoms in total. The highest BCUT2D eigenvalue weighted by Crippen LogP contribution is 2.31. The van der Waals surface area contributed by atoms with E-state index < -0.39 is 0 Å². The SMILES string of the molecule is O=C1Cc2cc(N3C(=O)c4ccccc4C3=O)ccc2CN1C(=O)c1ccccc1. The van der Waals surface area contributed by atoms with Gasteiger partial charge in [0.15, 0.2) is 0 Å². The second-order valence-electron chi connectivity index (χ2n) is 7.27. The minimum absolute atomic E-state index is 0.0327. The molecule has 0 saturated carbocycles. The molecule has 0 unspecified atom stereocenters. The van der Waals surface area contributed by atoms with Gasteiger partial charge in [0.25, 0.3) is 17.7 Å². The maximum Gasteiger partial charge on any atom is 0.266 e. The molecule has 2 aliphatic rings. The van der Waals surface area contributed by atoms with Gasteiger partial charge < -0.3 is 0 Å². The molecular formula is C24H16N2O4. The Balaban J connectivity index is 1.45. The molecule has 3 aromatic carbocycles. The van der Waals surface area contributed by atoms with Crippen molar-refractivity contribution in [1.29, 1.82) is 0 Å². The average molecular weight is 396 g/mol. The van der Waals surface area contributed by atoms with Crippen molar-refractivity contribution in [2.75, 3.05) is 4.90 Å². The Bertz CT molecular complexity index is 1200. The molecule has 0 bridgehead atoms. The van der Waals surface area contributed by atoms with Gasteiger partial charge in [0, 0.05) is 5.56 Å². The molecule has 5 rings (SSSR count). The number of carbonyl (C=O) groups is 4. The van der Waals surface area contributed by atoms with Gasteiger partial charge in [-0.1, -0.05) is 36.4 Å². The highest BCUT2D eigenvalue weighted by Gasteiger charge is 2.37. The monoisotopic (exact) mass is 396 g/mol. The third-order valence-corrected chi connectivity index (χ3v) is 5.48. The van der Waals surface area contributed by atoms with E-state index in [9.17, 15) is 19.2 Å². The first-order valence-electron chi connectivity index (χ1n) is 9.54. The summed E-state index contributed by atoms with van der Waals surface area (Å²) in [5, 5.41) is 0. The summed E-state index contributed by atoms with van der Waals surface area (Å²) < 4.78 is 0. The molecule has 146 valence electrons. The van der Waals surface area contributed by atoms with Crippen LogP contribution in [0.15, 0.2) is 72.8 Å². The minimum atomic E-state index is -0.376. The van der Waals surface area contributed by atoms with Crippen molar-refractivity contribution in [1.82, 2.24) is 4.90 Å². The van der Waals surface area contributed by atoms with Crippen LogP contribution in [0.25, 0.3) is 0 Å². The van der Waals surface area contributed by atoms with E-state index in [1.165, 1.54) is 4.90 Å². The number of nitrogens with zero attached hydrogens (tertiary/aromatic N) is 2. The predicted molar refractivity (Wildman–Crippen MR) is 109 cm³/mol. The largest absolute Gasteiger partial charge is 0.274 e. The maximum atomic E-state index is 12.7. The molecule has 0 aromatic heterocycles. The number of hydrogen-bond donors (Lipinski definition) is 0. The molecule has 0 atom stereocenters. The molecule has 0 spiro atoms. The first kappa shape index (κ1) is 18.0. The fraction of sp³-hybridized carbons (Fsp3) is 0.0833. The van der Waals surface area contributed by atoms with Crippen molar-refractivity contribution >= 4 is 29.3 Å². The molecule has 30 heavy (non-hydrogen) atoms. The van der Waals surface area contributed by atoms with Crippen molar-refractivity contribution < 1.29 is 19.2 Å². The van der Waals surface area contributed by atoms with E-state index in [-0.39, 0.29) is 36.6 Å². The topological polar surface area (TPSA) is 74.8 Å². The Morgan fingerprint density at radius 2 is 1.37 bits per heavy atom. The van der Waals surface area contributed by atoms with E-state index in [0.717, 1.165) is 10.5 Å². The van der Waals surface area contributed by atoms with Gasteiger partial charge in [0.2, 0.25) is 5.91 Å². The Morgan fingerprint density at radius 3 is 2.03 bits per heavy atom. The zero-order valence-electron chi connectivity index (χ0n) is 15.9. The fourth-order valence-corrected chi connectivity index (χ4v) is 3.93. The number of anilines is 1. The van der Waals surface area contributed by atoms with Crippen molar-refractivity contribution in [3.8, 4) is 0 Å². The van der Waals surface area contributed by atoms with Gasteiger partial charge >= 0.3 is 0 Å². The summed E-state index contributed by atoms with van der Waals surface area (Å²) in [6, 6.07) is 20.5. The van der Waals surface area contributed by atoms with E-state index in [2.05, 4.69) is 0 Å². The maximum absolute atomic E-state index is 12.7. The number of benzene rings is 3. The van der Waals surface area contributed by atoms with Crippen LogP contribution in [0.2, 0.25) is 0 Å². The van der Waals surface area contributed by atoms with Gasteiger partial charge in [-0.15, -0.1) is 0 Å². The van der Waals surface area contributed by atoms with Gasteiger partial charge in [-0.25, -0.2) is 4.90 Å². The summed E-state index contributed by atoms with van der Waals surface area (Å²) in [5.74, 6) is -1.40. The smallest absolute Gasteiger partial charge is 0.266 e. The average Bonchev–Trinajstić information content (AvgIpc) is 3.03. The van der Waals surface area contributed by atoms with Crippen molar-refractivity contribution in [2.45, 2.75) is 13.0 Å². The molecule has 6 heteroatoms. The van der Waals surface area contributed by atoms with E-state index in [4.69, 9.17) is 0 Å². The lowest BCUT2D eigenvalue weighted by Gasteiger charge is -2.28. The molecule has 0 N–H and O–H groups in total. The van der Waals surface area contributed by atoms with Gasteiger partial charge in [-0.05, 0) is 47.5 Å². The van der Waals surface area contributed by atoms with E-state index in [1.807, 2.05) is 6.07 Å². The summed E-state index contributed by atoms with van der Waals surface area (Å²) in [6.45, 7) is 0.157. The van der Waals surface area contributed by atoms with Gasteiger partial charge in [-0.3, -0.25) is 24.1 Å². The molecule has 2 heterocycles. The third-order valence-electron chi connectivity index (χ3n) is 5.48. The van der Waals surface area contributed by atoms with Crippen LogP contribution in [-0.4, -0.2) is 28.5 Å². The van der Waals surface area contributed by atoms with Crippen LogP contribution < -0.4 is 4.90 Å². The van der Waals surface area contributed by atoms with Gasteiger partial charge in [-0.2, -0.15) is 0 Å². The van der Waals surface area contributed by atoms with Crippen LogP contribution in [0.4, 0.5) is 5.69 Å². The van der Waals surface area contributed by atoms with Crippen LogP contribution in [0.1, 0.15) is 42.2 Å². The van der Waals surface area contributed by atoms with Gasteiger partial charge in [0.1, 0.15) is 0 Å². The lowest BCUT2D eigenvalue weighted by molar-refractivity contribution is -0.129. The first-order valence-corrected chi connectivity index (χ1v) is 9.54. The number of rotatable bonds is 2. The third kappa shape index (κ3) is 2.73. The number of amides is 4. The Morgan fingerprint density at radius 1 is 0.733 bits per heavy atom. The summed E-state index contributed by atoms with van der Waals surface area (Å²) in [7, 11) is 0. The van der Waals surface area contributed by atoms with E-state index >= 15 is 0 Å². The summed E-state index contributed by atoms with van der Waals surface area (Å²) in [5.41, 5.74) is 3.16. The number of hydrogen-bond acceptors (Lipinski definition) is 4. The molecule has 0 saturated heterocycles.